The van der Waals surface area contributed by atoms with Gasteiger partial charge < -0.3 is 5.32 Å². The molecule has 0 aliphatic heterocycles. The number of benzene rings is 2. The van der Waals surface area contributed by atoms with Crippen molar-refractivity contribution in [2.75, 3.05) is 12.4 Å². The highest BCUT2D eigenvalue weighted by molar-refractivity contribution is 5.72. The van der Waals surface area contributed by atoms with Gasteiger partial charge in [0.2, 0.25) is 0 Å². The normalized spacial score (nSPS) is 11.5. The molecule has 0 saturated carbocycles. The van der Waals surface area contributed by atoms with E-state index in [0.717, 1.165) is 12.1 Å². The molecule has 5 heteroatoms. The van der Waals surface area contributed by atoms with Crippen molar-refractivity contribution in [2.45, 2.75) is 13.1 Å². The molecule has 0 saturated heterocycles. The molecule has 0 aliphatic carbocycles. The van der Waals surface area contributed by atoms with Crippen molar-refractivity contribution in [3.05, 3.63) is 53.3 Å². The first kappa shape index (κ1) is 14.4. The van der Waals surface area contributed by atoms with Crippen LogP contribution < -0.4 is 5.32 Å². The lowest BCUT2D eigenvalue weighted by Gasteiger charge is -2.15. The Morgan fingerprint density at radius 3 is 2.35 bits per heavy atom. The van der Waals surface area contributed by atoms with E-state index in [2.05, 4.69) is 5.32 Å². The topological polar surface area (TPSA) is 12.0 Å². The van der Waals surface area contributed by atoms with E-state index >= 15 is 0 Å². The zero-order valence-corrected chi connectivity index (χ0v) is 11.0. The van der Waals surface area contributed by atoms with Gasteiger partial charge in [-0.05, 0) is 42.3 Å². The predicted molar refractivity (Wildman–Crippen MR) is 71.1 cm³/mol. The molecule has 0 spiro atoms. The summed E-state index contributed by atoms with van der Waals surface area (Å²) >= 11 is 0. The van der Waals surface area contributed by atoms with Gasteiger partial charge in [-0.3, -0.25) is 0 Å². The van der Waals surface area contributed by atoms with Crippen LogP contribution >= 0.6 is 0 Å². The van der Waals surface area contributed by atoms with Crippen LogP contribution in [-0.2, 0) is 6.18 Å². The SMILES string of the molecule is CNc1cccc(-c2c(F)cc(C)cc2C(F)(F)F)c1. The van der Waals surface area contributed by atoms with Gasteiger partial charge in [0.25, 0.3) is 0 Å². The summed E-state index contributed by atoms with van der Waals surface area (Å²) in [5.41, 5.74) is -0.316. The molecule has 0 aromatic heterocycles. The van der Waals surface area contributed by atoms with Crippen LogP contribution in [0.25, 0.3) is 11.1 Å². The molecule has 0 heterocycles. The third kappa shape index (κ3) is 2.76. The zero-order chi connectivity index (χ0) is 14.9. The molecule has 106 valence electrons. The van der Waals surface area contributed by atoms with E-state index in [-0.39, 0.29) is 11.1 Å². The lowest BCUT2D eigenvalue weighted by atomic mass is 9.96. The molecule has 0 atom stereocenters. The monoisotopic (exact) mass is 283 g/mol. The second-order valence-electron chi connectivity index (χ2n) is 4.50. The van der Waals surface area contributed by atoms with Gasteiger partial charge >= 0.3 is 6.18 Å². The molecule has 0 aliphatic rings. The van der Waals surface area contributed by atoms with Gasteiger partial charge in [0.05, 0.1) is 5.56 Å². The molecule has 0 bridgehead atoms. The van der Waals surface area contributed by atoms with Crippen LogP contribution in [0.5, 0.6) is 0 Å². The Morgan fingerprint density at radius 2 is 1.75 bits per heavy atom. The molecule has 0 radical (unpaired) electrons. The average molecular weight is 283 g/mol. The van der Waals surface area contributed by atoms with Crippen molar-refractivity contribution < 1.29 is 17.6 Å². The minimum absolute atomic E-state index is 0.196. The van der Waals surface area contributed by atoms with Crippen molar-refractivity contribution in [1.82, 2.24) is 0 Å². The first-order valence-electron chi connectivity index (χ1n) is 5.98. The first-order chi connectivity index (χ1) is 9.32. The molecular formula is C15H13F4N. The molecule has 2 aromatic carbocycles. The second kappa shape index (κ2) is 5.15. The van der Waals surface area contributed by atoms with Gasteiger partial charge in [-0.1, -0.05) is 12.1 Å². The summed E-state index contributed by atoms with van der Waals surface area (Å²) in [5.74, 6) is -0.870. The van der Waals surface area contributed by atoms with Gasteiger partial charge in [0, 0.05) is 18.3 Å². The van der Waals surface area contributed by atoms with E-state index in [1.54, 1.807) is 19.2 Å². The molecule has 1 N–H and O–H groups in total. The molecule has 20 heavy (non-hydrogen) atoms. The highest BCUT2D eigenvalue weighted by Gasteiger charge is 2.35. The van der Waals surface area contributed by atoms with Crippen LogP contribution in [-0.4, -0.2) is 7.05 Å². The zero-order valence-electron chi connectivity index (χ0n) is 11.0. The largest absolute Gasteiger partial charge is 0.417 e. The summed E-state index contributed by atoms with van der Waals surface area (Å²) in [5, 5.41) is 2.82. The van der Waals surface area contributed by atoms with Gasteiger partial charge in [-0.15, -0.1) is 0 Å². The molecule has 0 amide bonds. The van der Waals surface area contributed by atoms with Crippen molar-refractivity contribution in [1.29, 1.82) is 0 Å². The number of anilines is 1. The minimum atomic E-state index is -4.60. The molecule has 0 fully saturated rings. The maximum Gasteiger partial charge on any atom is 0.417 e. The fourth-order valence-electron chi connectivity index (χ4n) is 2.09. The van der Waals surface area contributed by atoms with E-state index < -0.39 is 23.1 Å². The average Bonchev–Trinajstić information content (AvgIpc) is 2.37. The second-order valence-corrected chi connectivity index (χ2v) is 4.50. The molecule has 0 unspecified atom stereocenters. The Bertz CT molecular complexity index is 632. The molecule has 2 rings (SSSR count). The van der Waals surface area contributed by atoms with Crippen LogP contribution in [0.15, 0.2) is 36.4 Å². The van der Waals surface area contributed by atoms with Crippen LogP contribution in [0.1, 0.15) is 11.1 Å². The number of alkyl halides is 3. The highest BCUT2D eigenvalue weighted by atomic mass is 19.4. The maximum atomic E-state index is 14.0. The smallest absolute Gasteiger partial charge is 0.388 e. The summed E-state index contributed by atoms with van der Waals surface area (Å²) in [6.07, 6.45) is -4.60. The number of rotatable bonds is 2. The van der Waals surface area contributed by atoms with Gasteiger partial charge in [-0.2, -0.15) is 13.2 Å². The fraction of sp³-hybridized carbons (Fsp3) is 0.200. The maximum absolute atomic E-state index is 14.0. The summed E-state index contributed by atoms with van der Waals surface area (Å²) in [6, 6.07) is 8.30. The molecule has 2 aromatic rings. The number of aryl methyl sites for hydroxylation is 1. The Kier molecular flexibility index (Phi) is 3.70. The first-order valence-corrected chi connectivity index (χ1v) is 5.98. The van der Waals surface area contributed by atoms with Crippen LogP contribution in [0, 0.1) is 12.7 Å². The van der Waals surface area contributed by atoms with E-state index in [1.807, 2.05) is 0 Å². The van der Waals surface area contributed by atoms with Gasteiger partial charge in [-0.25, -0.2) is 4.39 Å². The van der Waals surface area contributed by atoms with Crippen LogP contribution in [0.2, 0.25) is 0 Å². The molecule has 1 nitrogen and oxygen atoms in total. The number of hydrogen-bond donors (Lipinski definition) is 1. The third-order valence-corrected chi connectivity index (χ3v) is 2.98. The standard InChI is InChI=1S/C15H13F4N/c1-9-6-12(15(17,18)19)14(13(16)7-9)10-4-3-5-11(8-10)20-2/h3-8,20H,1-2H3. The van der Waals surface area contributed by atoms with Gasteiger partial charge in [0.15, 0.2) is 0 Å². The summed E-state index contributed by atoms with van der Waals surface area (Å²) in [7, 11) is 1.65. The fourth-order valence-corrected chi connectivity index (χ4v) is 2.09. The van der Waals surface area contributed by atoms with Crippen molar-refractivity contribution in [2.24, 2.45) is 0 Å². The van der Waals surface area contributed by atoms with Crippen molar-refractivity contribution in [3.63, 3.8) is 0 Å². The lowest BCUT2D eigenvalue weighted by molar-refractivity contribution is -0.137. The highest BCUT2D eigenvalue weighted by Crippen LogP contribution is 2.39. The Balaban J connectivity index is 2.72. The van der Waals surface area contributed by atoms with E-state index in [9.17, 15) is 17.6 Å². The summed E-state index contributed by atoms with van der Waals surface area (Å²) < 4.78 is 53.3. The molecular weight excluding hydrogens is 270 g/mol. The third-order valence-electron chi connectivity index (χ3n) is 2.98. The van der Waals surface area contributed by atoms with E-state index in [1.165, 1.54) is 19.1 Å². The van der Waals surface area contributed by atoms with Crippen LogP contribution in [0.3, 0.4) is 0 Å². The van der Waals surface area contributed by atoms with Crippen molar-refractivity contribution in [3.8, 4) is 11.1 Å². The van der Waals surface area contributed by atoms with E-state index in [4.69, 9.17) is 0 Å². The van der Waals surface area contributed by atoms with Crippen molar-refractivity contribution >= 4 is 5.69 Å². The predicted octanol–water partition coefficient (Wildman–Crippen LogP) is 4.86. The Morgan fingerprint density at radius 1 is 1.05 bits per heavy atom. The number of halogens is 4. The summed E-state index contributed by atoms with van der Waals surface area (Å²) in [4.78, 5) is 0. The van der Waals surface area contributed by atoms with Gasteiger partial charge in [0.1, 0.15) is 5.82 Å². The Labute approximate surface area is 114 Å². The Hall–Kier alpha value is -2.04. The quantitative estimate of drug-likeness (QED) is 0.776. The van der Waals surface area contributed by atoms with Crippen LogP contribution in [0.4, 0.5) is 23.2 Å². The lowest BCUT2D eigenvalue weighted by Crippen LogP contribution is -2.09. The summed E-state index contributed by atoms with van der Waals surface area (Å²) in [6.45, 7) is 1.44. The minimum Gasteiger partial charge on any atom is -0.388 e. The number of nitrogens with one attached hydrogen (secondary N) is 1. The van der Waals surface area contributed by atoms with E-state index in [0.29, 0.717) is 5.69 Å². The number of hydrogen-bond acceptors (Lipinski definition) is 1.